The minimum absolute atomic E-state index is 0.0450. The van der Waals surface area contributed by atoms with Crippen molar-refractivity contribution in [3.8, 4) is 0 Å². The van der Waals surface area contributed by atoms with Crippen LogP contribution in [0.5, 0.6) is 0 Å². The van der Waals surface area contributed by atoms with Crippen molar-refractivity contribution in [2.45, 2.75) is 49.8 Å². The molecule has 2 aromatic rings. The van der Waals surface area contributed by atoms with Gasteiger partial charge in [0.2, 0.25) is 10.0 Å². The van der Waals surface area contributed by atoms with Gasteiger partial charge in [-0.2, -0.15) is 13.2 Å². The summed E-state index contributed by atoms with van der Waals surface area (Å²) >= 11 is 0. The highest BCUT2D eigenvalue weighted by molar-refractivity contribution is 7.89. The molecule has 3 rings (SSSR count). The number of nitrogens with one attached hydrogen (secondary N) is 2. The highest BCUT2D eigenvalue weighted by atomic mass is 32.2. The van der Waals surface area contributed by atoms with Crippen molar-refractivity contribution in [3.63, 3.8) is 0 Å². The average Bonchev–Trinajstić information content (AvgIpc) is 2.72. The summed E-state index contributed by atoms with van der Waals surface area (Å²) in [5, 5.41) is 2.53. The zero-order valence-electron chi connectivity index (χ0n) is 18.5. The Bertz CT molecular complexity index is 1000. The van der Waals surface area contributed by atoms with E-state index in [0.717, 1.165) is 25.9 Å². The highest BCUT2D eigenvalue weighted by Gasteiger charge is 2.41. The van der Waals surface area contributed by atoms with E-state index in [1.54, 1.807) is 25.1 Å². The maximum atomic E-state index is 13.7. The van der Waals surface area contributed by atoms with E-state index in [0.29, 0.717) is 5.56 Å². The van der Waals surface area contributed by atoms with Crippen LogP contribution in [0, 0.1) is 12.8 Å². The molecule has 1 aliphatic heterocycles. The first-order valence-corrected chi connectivity index (χ1v) is 12.2. The summed E-state index contributed by atoms with van der Waals surface area (Å²) in [6, 6.07) is 9.61. The van der Waals surface area contributed by atoms with E-state index in [-0.39, 0.29) is 28.1 Å². The minimum atomic E-state index is -4.51. The smallest absolute Gasteiger partial charge is 0.370 e. The van der Waals surface area contributed by atoms with Gasteiger partial charge < -0.3 is 10.2 Å². The Morgan fingerprint density at radius 1 is 1.06 bits per heavy atom. The van der Waals surface area contributed by atoms with E-state index < -0.39 is 22.2 Å². The Balaban J connectivity index is 1.76. The number of sulfonamides is 1. The van der Waals surface area contributed by atoms with Crippen molar-refractivity contribution in [1.82, 2.24) is 9.62 Å². The number of nitrogens with zero attached hydrogens (tertiary/aromatic N) is 1. The van der Waals surface area contributed by atoms with Crippen LogP contribution in [0.25, 0.3) is 0 Å². The number of hydrogen-bond acceptors (Lipinski definition) is 4. The molecule has 1 saturated heterocycles. The lowest BCUT2D eigenvalue weighted by molar-refractivity contribution is -0.144. The Kier molecular flexibility index (Phi) is 7.52. The summed E-state index contributed by atoms with van der Waals surface area (Å²) in [7, 11) is -1.74. The molecule has 2 N–H and O–H groups in total. The van der Waals surface area contributed by atoms with Crippen molar-refractivity contribution in [1.29, 1.82) is 0 Å². The fraction of sp³-hybridized carbons (Fsp3) is 0.478. The third-order valence-electron chi connectivity index (χ3n) is 6.08. The standard InChI is InChI=1S/C23H30F3N3O2S/c1-16-15-20(32(30,31)28-17(2)18-11-13-29(3)14-12-18)9-10-21(16)27-22(23(24,25)26)19-7-5-4-6-8-19/h4-10,15,17-18,22,27-28H,11-14H2,1-3H3/t17-,22?/m1/s1. The molecule has 1 aliphatic rings. The zero-order chi connectivity index (χ0) is 23.5. The van der Waals surface area contributed by atoms with Crippen LogP contribution in [0.15, 0.2) is 53.4 Å². The quantitative estimate of drug-likeness (QED) is 0.616. The van der Waals surface area contributed by atoms with E-state index in [4.69, 9.17) is 0 Å². The molecule has 0 radical (unpaired) electrons. The van der Waals surface area contributed by atoms with Gasteiger partial charge in [0, 0.05) is 11.7 Å². The van der Waals surface area contributed by atoms with Crippen LogP contribution >= 0.6 is 0 Å². The van der Waals surface area contributed by atoms with Crippen LogP contribution in [0.1, 0.15) is 36.9 Å². The van der Waals surface area contributed by atoms with E-state index in [2.05, 4.69) is 14.9 Å². The molecule has 1 fully saturated rings. The maximum absolute atomic E-state index is 13.7. The molecular formula is C23H30F3N3O2S. The van der Waals surface area contributed by atoms with E-state index in [1.165, 1.54) is 30.3 Å². The first-order valence-electron chi connectivity index (χ1n) is 10.7. The van der Waals surface area contributed by atoms with Gasteiger partial charge in [0.25, 0.3) is 0 Å². The lowest BCUT2D eigenvalue weighted by Gasteiger charge is -2.32. The molecule has 2 aromatic carbocycles. The third-order valence-corrected chi connectivity index (χ3v) is 7.64. The van der Waals surface area contributed by atoms with Gasteiger partial charge in [-0.1, -0.05) is 30.3 Å². The van der Waals surface area contributed by atoms with Crippen molar-refractivity contribution in [2.24, 2.45) is 5.92 Å². The topological polar surface area (TPSA) is 61.4 Å². The van der Waals surface area contributed by atoms with Crippen LogP contribution in [-0.4, -0.2) is 45.7 Å². The third kappa shape index (κ3) is 6.02. The number of alkyl halides is 3. The van der Waals surface area contributed by atoms with Gasteiger partial charge >= 0.3 is 6.18 Å². The fourth-order valence-electron chi connectivity index (χ4n) is 4.06. The molecule has 0 aliphatic carbocycles. The predicted octanol–water partition coefficient (Wildman–Crippen LogP) is 4.72. The lowest BCUT2D eigenvalue weighted by Crippen LogP contribution is -2.43. The molecule has 0 spiro atoms. The summed E-state index contributed by atoms with van der Waals surface area (Å²) in [4.78, 5) is 2.26. The molecule has 0 bridgehead atoms. The van der Waals surface area contributed by atoms with Crippen LogP contribution < -0.4 is 10.0 Å². The van der Waals surface area contributed by atoms with Crippen LogP contribution in [0.2, 0.25) is 0 Å². The van der Waals surface area contributed by atoms with Crippen molar-refractivity contribution < 1.29 is 21.6 Å². The molecule has 32 heavy (non-hydrogen) atoms. The number of anilines is 1. The monoisotopic (exact) mass is 469 g/mol. The molecule has 1 heterocycles. The van der Waals surface area contributed by atoms with Gasteiger partial charge in [-0.05, 0) is 82.1 Å². The van der Waals surface area contributed by atoms with E-state index in [1.807, 2.05) is 14.0 Å². The predicted molar refractivity (Wildman–Crippen MR) is 120 cm³/mol. The fourth-order valence-corrected chi connectivity index (χ4v) is 5.46. The summed E-state index contributed by atoms with van der Waals surface area (Å²) in [6.07, 6.45) is -2.68. The molecule has 2 atom stereocenters. The molecule has 1 unspecified atom stereocenters. The minimum Gasteiger partial charge on any atom is -0.370 e. The first kappa shape index (κ1) is 24.5. The van der Waals surface area contributed by atoms with Crippen LogP contribution in [-0.2, 0) is 10.0 Å². The number of aryl methyl sites for hydroxylation is 1. The molecule has 0 saturated carbocycles. The number of rotatable bonds is 7. The summed E-state index contributed by atoms with van der Waals surface area (Å²) < 4.78 is 69.5. The summed E-state index contributed by atoms with van der Waals surface area (Å²) in [5.41, 5.74) is 0.744. The number of likely N-dealkylation sites (tertiary alicyclic amines) is 1. The molecule has 0 aromatic heterocycles. The second-order valence-electron chi connectivity index (χ2n) is 8.56. The molecule has 176 valence electrons. The second kappa shape index (κ2) is 9.80. The first-order chi connectivity index (χ1) is 15.0. The zero-order valence-corrected chi connectivity index (χ0v) is 19.3. The van der Waals surface area contributed by atoms with Gasteiger partial charge in [-0.3, -0.25) is 0 Å². The molecular weight excluding hydrogens is 439 g/mol. The van der Waals surface area contributed by atoms with Gasteiger partial charge in [-0.25, -0.2) is 13.1 Å². The van der Waals surface area contributed by atoms with Gasteiger partial charge in [0.05, 0.1) is 4.90 Å². The van der Waals surface area contributed by atoms with Crippen LogP contribution in [0.3, 0.4) is 0 Å². The number of benzene rings is 2. The Morgan fingerprint density at radius 3 is 2.25 bits per heavy atom. The largest absolute Gasteiger partial charge is 0.412 e. The van der Waals surface area contributed by atoms with Gasteiger partial charge in [0.15, 0.2) is 0 Å². The second-order valence-corrected chi connectivity index (χ2v) is 10.3. The van der Waals surface area contributed by atoms with Crippen molar-refractivity contribution in [3.05, 3.63) is 59.7 Å². The molecule has 9 heteroatoms. The Morgan fingerprint density at radius 2 is 1.69 bits per heavy atom. The molecule has 5 nitrogen and oxygen atoms in total. The van der Waals surface area contributed by atoms with Gasteiger partial charge in [-0.15, -0.1) is 0 Å². The Hall–Kier alpha value is -2.10. The van der Waals surface area contributed by atoms with E-state index >= 15 is 0 Å². The van der Waals surface area contributed by atoms with E-state index in [9.17, 15) is 21.6 Å². The summed E-state index contributed by atoms with van der Waals surface area (Å²) in [6.45, 7) is 5.32. The van der Waals surface area contributed by atoms with Crippen molar-refractivity contribution >= 4 is 15.7 Å². The maximum Gasteiger partial charge on any atom is 0.412 e. The molecule has 0 amide bonds. The SMILES string of the molecule is Cc1cc(S(=O)(=O)N[C@H](C)C2CCN(C)CC2)ccc1NC(c1ccccc1)C(F)(F)F. The lowest BCUT2D eigenvalue weighted by atomic mass is 9.91. The highest BCUT2D eigenvalue weighted by Crippen LogP contribution is 2.36. The summed E-state index contributed by atoms with van der Waals surface area (Å²) in [5.74, 6) is 0.251. The van der Waals surface area contributed by atoms with Crippen LogP contribution in [0.4, 0.5) is 18.9 Å². The number of hydrogen-bond donors (Lipinski definition) is 2. The van der Waals surface area contributed by atoms with Gasteiger partial charge in [0.1, 0.15) is 6.04 Å². The number of halogens is 3. The van der Waals surface area contributed by atoms with Crippen molar-refractivity contribution in [2.75, 3.05) is 25.5 Å². The normalized spacial score (nSPS) is 18.3. The Labute approximate surface area is 188 Å². The number of piperidine rings is 1. The average molecular weight is 470 g/mol.